The van der Waals surface area contributed by atoms with Gasteiger partial charge in [0.2, 0.25) is 12.7 Å². The third-order valence-corrected chi connectivity index (χ3v) is 3.79. The SMILES string of the molecule is O=C(/C=C/c1ccccc1Cl)NCC#CCOc1ccc2c(c1)OCO2. The molecular weight excluding hydrogens is 354 g/mol. The summed E-state index contributed by atoms with van der Waals surface area (Å²) >= 11 is 6.02. The molecule has 26 heavy (non-hydrogen) atoms. The molecule has 1 aliphatic heterocycles. The zero-order valence-corrected chi connectivity index (χ0v) is 14.6. The number of benzene rings is 2. The van der Waals surface area contributed by atoms with Gasteiger partial charge in [-0.1, -0.05) is 41.6 Å². The number of halogens is 1. The Balaban J connectivity index is 1.39. The first-order valence-corrected chi connectivity index (χ1v) is 8.29. The summed E-state index contributed by atoms with van der Waals surface area (Å²) in [6.45, 7) is 0.671. The molecule has 1 N–H and O–H groups in total. The maximum atomic E-state index is 11.7. The number of carbonyl (C=O) groups excluding carboxylic acids is 1. The van der Waals surface area contributed by atoms with E-state index in [1.807, 2.05) is 18.2 Å². The van der Waals surface area contributed by atoms with Crippen molar-refractivity contribution in [2.45, 2.75) is 0 Å². The van der Waals surface area contributed by atoms with Gasteiger partial charge < -0.3 is 19.5 Å². The summed E-state index contributed by atoms with van der Waals surface area (Å²) in [5.41, 5.74) is 0.785. The summed E-state index contributed by atoms with van der Waals surface area (Å²) in [5.74, 6) is 7.43. The number of nitrogens with one attached hydrogen (secondary N) is 1. The fourth-order valence-corrected chi connectivity index (χ4v) is 2.36. The van der Waals surface area contributed by atoms with Crippen LogP contribution in [0.2, 0.25) is 5.02 Å². The molecule has 5 nitrogen and oxygen atoms in total. The molecule has 132 valence electrons. The lowest BCUT2D eigenvalue weighted by Crippen LogP contribution is -2.21. The third-order valence-electron chi connectivity index (χ3n) is 3.45. The molecule has 6 heteroatoms. The van der Waals surface area contributed by atoms with Crippen molar-refractivity contribution in [3.63, 3.8) is 0 Å². The maximum absolute atomic E-state index is 11.7. The normalized spacial score (nSPS) is 11.7. The van der Waals surface area contributed by atoms with E-state index in [0.29, 0.717) is 22.3 Å². The van der Waals surface area contributed by atoms with Crippen molar-refractivity contribution in [3.8, 4) is 29.1 Å². The Labute approximate surface area is 156 Å². The highest BCUT2D eigenvalue weighted by atomic mass is 35.5. The minimum absolute atomic E-state index is 0.213. The monoisotopic (exact) mass is 369 g/mol. The highest BCUT2D eigenvalue weighted by molar-refractivity contribution is 6.32. The fraction of sp³-hybridized carbons (Fsp3) is 0.150. The molecule has 1 aliphatic rings. The molecular formula is C20H16ClNO4. The van der Waals surface area contributed by atoms with Gasteiger partial charge in [-0.05, 0) is 29.8 Å². The van der Waals surface area contributed by atoms with Crippen LogP contribution in [0.4, 0.5) is 0 Å². The summed E-state index contributed by atoms with van der Waals surface area (Å²) in [6.07, 6.45) is 3.08. The molecule has 0 bridgehead atoms. The zero-order valence-electron chi connectivity index (χ0n) is 13.8. The summed E-state index contributed by atoms with van der Waals surface area (Å²) in [7, 11) is 0. The van der Waals surface area contributed by atoms with Gasteiger partial charge in [-0.25, -0.2) is 0 Å². The third kappa shape index (κ3) is 4.95. The standard InChI is InChI=1S/C20H16ClNO4/c21-17-6-2-1-5-15(17)7-10-20(23)22-11-3-4-12-24-16-8-9-18-19(13-16)26-14-25-18/h1-2,5-10,13H,11-12,14H2,(H,22,23)/b10-7+. The van der Waals surface area contributed by atoms with E-state index in [1.54, 1.807) is 30.3 Å². The molecule has 0 atom stereocenters. The molecule has 1 heterocycles. The topological polar surface area (TPSA) is 56.8 Å². The molecule has 2 aromatic carbocycles. The fourth-order valence-electron chi connectivity index (χ4n) is 2.17. The summed E-state index contributed by atoms with van der Waals surface area (Å²) in [5, 5.41) is 3.26. The van der Waals surface area contributed by atoms with Gasteiger partial charge in [-0.15, -0.1) is 0 Å². The van der Waals surface area contributed by atoms with Gasteiger partial charge in [0.1, 0.15) is 12.4 Å². The molecule has 1 amide bonds. The molecule has 0 saturated heterocycles. The second kappa shape index (κ2) is 8.84. The van der Waals surface area contributed by atoms with Gasteiger partial charge >= 0.3 is 0 Å². The van der Waals surface area contributed by atoms with Crippen LogP contribution >= 0.6 is 11.6 Å². The number of hydrogen-bond donors (Lipinski definition) is 1. The highest BCUT2D eigenvalue weighted by Crippen LogP contribution is 2.34. The predicted molar refractivity (Wildman–Crippen MR) is 99.3 cm³/mol. The minimum Gasteiger partial charge on any atom is -0.481 e. The number of amides is 1. The zero-order chi connectivity index (χ0) is 18.2. The summed E-state index contributed by atoms with van der Waals surface area (Å²) < 4.78 is 16.0. The van der Waals surface area contributed by atoms with E-state index in [1.165, 1.54) is 6.08 Å². The van der Waals surface area contributed by atoms with E-state index in [2.05, 4.69) is 17.2 Å². The predicted octanol–water partition coefficient (Wildman–Crippen LogP) is 3.28. The molecule has 0 aliphatic carbocycles. The van der Waals surface area contributed by atoms with E-state index in [4.69, 9.17) is 25.8 Å². The largest absolute Gasteiger partial charge is 0.481 e. The number of fused-ring (bicyclic) bond motifs is 1. The van der Waals surface area contributed by atoms with E-state index in [0.717, 1.165) is 5.56 Å². The number of hydrogen-bond acceptors (Lipinski definition) is 4. The Morgan fingerprint density at radius 2 is 2.04 bits per heavy atom. The molecule has 0 spiro atoms. The van der Waals surface area contributed by atoms with Crippen LogP contribution in [0.15, 0.2) is 48.5 Å². The lowest BCUT2D eigenvalue weighted by Gasteiger charge is -2.02. The van der Waals surface area contributed by atoms with Gasteiger partial charge in [-0.3, -0.25) is 4.79 Å². The van der Waals surface area contributed by atoms with Gasteiger partial charge in [0.25, 0.3) is 0 Å². The molecule has 0 saturated carbocycles. The molecule has 2 aromatic rings. The van der Waals surface area contributed by atoms with Crippen molar-refractivity contribution in [1.82, 2.24) is 5.32 Å². The highest BCUT2D eigenvalue weighted by Gasteiger charge is 2.13. The average Bonchev–Trinajstić information content (AvgIpc) is 3.11. The van der Waals surface area contributed by atoms with Crippen molar-refractivity contribution in [2.24, 2.45) is 0 Å². The lowest BCUT2D eigenvalue weighted by molar-refractivity contribution is -0.116. The molecule has 3 rings (SSSR count). The first kappa shape index (κ1) is 17.7. The van der Waals surface area contributed by atoms with Crippen molar-refractivity contribution in [3.05, 3.63) is 59.1 Å². The van der Waals surface area contributed by atoms with Gasteiger partial charge in [0, 0.05) is 17.2 Å². The van der Waals surface area contributed by atoms with E-state index >= 15 is 0 Å². The Morgan fingerprint density at radius 1 is 1.19 bits per heavy atom. The number of carbonyl (C=O) groups is 1. The Bertz CT molecular complexity index is 883. The van der Waals surface area contributed by atoms with Gasteiger partial charge in [0.15, 0.2) is 11.5 Å². The van der Waals surface area contributed by atoms with Crippen LogP contribution < -0.4 is 19.5 Å². The Kier molecular flexibility index (Phi) is 6.02. The van der Waals surface area contributed by atoms with Crippen molar-refractivity contribution in [1.29, 1.82) is 0 Å². The van der Waals surface area contributed by atoms with Crippen LogP contribution in [0.25, 0.3) is 6.08 Å². The van der Waals surface area contributed by atoms with Crippen LogP contribution in [0.3, 0.4) is 0 Å². The van der Waals surface area contributed by atoms with Crippen molar-refractivity contribution in [2.75, 3.05) is 19.9 Å². The number of rotatable bonds is 5. The van der Waals surface area contributed by atoms with Crippen LogP contribution in [0.1, 0.15) is 5.56 Å². The lowest BCUT2D eigenvalue weighted by atomic mass is 10.2. The van der Waals surface area contributed by atoms with Gasteiger partial charge in [-0.2, -0.15) is 0 Å². The Hall–Kier alpha value is -3.10. The van der Waals surface area contributed by atoms with Crippen molar-refractivity contribution >= 4 is 23.6 Å². The maximum Gasteiger partial charge on any atom is 0.244 e. The quantitative estimate of drug-likeness (QED) is 0.649. The molecule has 0 aromatic heterocycles. The number of ether oxygens (including phenoxy) is 3. The van der Waals surface area contributed by atoms with Crippen molar-refractivity contribution < 1.29 is 19.0 Å². The van der Waals surface area contributed by atoms with Crippen LogP contribution in [0, 0.1) is 11.8 Å². The molecule has 0 fully saturated rings. The molecule has 0 unspecified atom stereocenters. The summed E-state index contributed by atoms with van der Waals surface area (Å²) in [6, 6.07) is 12.6. The van der Waals surface area contributed by atoms with Crippen LogP contribution in [-0.4, -0.2) is 25.9 Å². The minimum atomic E-state index is -0.240. The van der Waals surface area contributed by atoms with Crippen LogP contribution in [0.5, 0.6) is 17.2 Å². The smallest absolute Gasteiger partial charge is 0.244 e. The summed E-state index contributed by atoms with van der Waals surface area (Å²) in [4.78, 5) is 11.7. The second-order valence-electron chi connectivity index (χ2n) is 5.23. The first-order valence-electron chi connectivity index (χ1n) is 7.91. The van der Waals surface area contributed by atoms with E-state index in [-0.39, 0.29) is 25.9 Å². The van der Waals surface area contributed by atoms with Crippen LogP contribution in [-0.2, 0) is 4.79 Å². The van der Waals surface area contributed by atoms with E-state index < -0.39 is 0 Å². The second-order valence-corrected chi connectivity index (χ2v) is 5.64. The van der Waals surface area contributed by atoms with Gasteiger partial charge in [0.05, 0.1) is 6.54 Å². The average molecular weight is 370 g/mol. The first-order chi connectivity index (χ1) is 12.7. The van der Waals surface area contributed by atoms with E-state index in [9.17, 15) is 4.79 Å². The Morgan fingerprint density at radius 3 is 2.92 bits per heavy atom. The molecule has 0 radical (unpaired) electrons.